The highest BCUT2D eigenvalue weighted by molar-refractivity contribution is 5.76. The van der Waals surface area contributed by atoms with Crippen LogP contribution in [0, 0.1) is 0 Å². The quantitative estimate of drug-likeness (QED) is 0.783. The number of hydrogen-bond acceptors (Lipinski definition) is 2. The van der Waals surface area contributed by atoms with Crippen LogP contribution in [0.5, 0.6) is 0 Å². The number of nitrogens with one attached hydrogen (secondary N) is 1. The molecule has 1 rings (SSSR count). The predicted molar refractivity (Wildman–Crippen MR) is 58.5 cm³/mol. The van der Waals surface area contributed by atoms with E-state index < -0.39 is 24.7 Å². The van der Waals surface area contributed by atoms with Gasteiger partial charge < -0.3 is 10.2 Å². The van der Waals surface area contributed by atoms with E-state index >= 15 is 0 Å². The highest BCUT2D eigenvalue weighted by Crippen LogP contribution is 2.20. The molecule has 0 radical (unpaired) electrons. The van der Waals surface area contributed by atoms with Crippen molar-refractivity contribution in [3.05, 3.63) is 0 Å². The molecule has 0 aromatic rings. The Morgan fingerprint density at radius 2 is 2.00 bits per heavy atom. The lowest BCUT2D eigenvalue weighted by Crippen LogP contribution is -2.44. The Bertz CT molecular complexity index is 262. The number of carbonyl (C=O) groups is 1. The summed E-state index contributed by atoms with van der Waals surface area (Å²) in [5.41, 5.74) is 0. The second kappa shape index (κ2) is 5.71. The van der Waals surface area contributed by atoms with Crippen LogP contribution >= 0.6 is 0 Å². The molecule has 1 fully saturated rings. The number of halogens is 3. The fraction of sp³-hybridized carbons (Fsp3) is 0.909. The Labute approximate surface area is 99.4 Å². The molecule has 1 saturated carbocycles. The van der Waals surface area contributed by atoms with Crippen LogP contribution in [0.3, 0.4) is 0 Å². The smallest absolute Gasteiger partial charge is 0.331 e. The first kappa shape index (κ1) is 14.3. The SMILES string of the molecule is CC(C)N(CC(F)(F)F)C(=O)CCNC1CC1. The summed E-state index contributed by atoms with van der Waals surface area (Å²) in [6.45, 7) is 2.49. The lowest BCUT2D eigenvalue weighted by molar-refractivity contribution is -0.164. The second-order valence-corrected chi connectivity index (χ2v) is 4.71. The van der Waals surface area contributed by atoms with Crippen LogP contribution in [-0.4, -0.2) is 42.2 Å². The maximum absolute atomic E-state index is 12.3. The lowest BCUT2D eigenvalue weighted by atomic mass is 10.2. The Morgan fingerprint density at radius 1 is 1.41 bits per heavy atom. The molecular formula is C11H19F3N2O. The van der Waals surface area contributed by atoms with Crippen molar-refractivity contribution in [2.45, 2.75) is 51.4 Å². The van der Waals surface area contributed by atoms with Gasteiger partial charge in [-0.25, -0.2) is 0 Å². The first-order chi connectivity index (χ1) is 7.79. The molecule has 0 saturated heterocycles. The molecule has 0 aromatic heterocycles. The Morgan fingerprint density at radius 3 is 2.41 bits per heavy atom. The summed E-state index contributed by atoms with van der Waals surface area (Å²) in [5.74, 6) is -0.439. The topological polar surface area (TPSA) is 32.3 Å². The van der Waals surface area contributed by atoms with Gasteiger partial charge in [0.05, 0.1) is 0 Å². The third-order valence-corrected chi connectivity index (χ3v) is 2.64. The van der Waals surface area contributed by atoms with Gasteiger partial charge in [0.15, 0.2) is 0 Å². The van der Waals surface area contributed by atoms with Gasteiger partial charge >= 0.3 is 6.18 Å². The normalized spacial score (nSPS) is 16.4. The Kier molecular flexibility index (Phi) is 4.80. The molecule has 0 aliphatic heterocycles. The highest BCUT2D eigenvalue weighted by atomic mass is 19.4. The van der Waals surface area contributed by atoms with E-state index in [9.17, 15) is 18.0 Å². The molecule has 3 nitrogen and oxygen atoms in total. The molecule has 0 atom stereocenters. The fourth-order valence-corrected chi connectivity index (χ4v) is 1.57. The van der Waals surface area contributed by atoms with Gasteiger partial charge in [0, 0.05) is 25.0 Å². The summed E-state index contributed by atoms with van der Waals surface area (Å²) in [5, 5.41) is 3.12. The van der Waals surface area contributed by atoms with E-state index in [0.717, 1.165) is 17.7 Å². The molecule has 100 valence electrons. The van der Waals surface area contributed by atoms with E-state index in [1.54, 1.807) is 13.8 Å². The third-order valence-electron chi connectivity index (χ3n) is 2.64. The van der Waals surface area contributed by atoms with Gasteiger partial charge in [-0.3, -0.25) is 4.79 Å². The van der Waals surface area contributed by atoms with E-state index in [2.05, 4.69) is 5.32 Å². The number of carbonyl (C=O) groups excluding carboxylic acids is 1. The monoisotopic (exact) mass is 252 g/mol. The zero-order valence-electron chi connectivity index (χ0n) is 10.2. The van der Waals surface area contributed by atoms with E-state index in [0.29, 0.717) is 12.6 Å². The van der Waals surface area contributed by atoms with Gasteiger partial charge in [-0.2, -0.15) is 13.2 Å². The molecule has 0 bridgehead atoms. The standard InChI is InChI=1S/C11H19F3N2O/c1-8(2)16(7-11(12,13)14)10(17)5-6-15-9-3-4-9/h8-9,15H,3-7H2,1-2H3. The largest absolute Gasteiger partial charge is 0.406 e. The molecule has 0 unspecified atom stereocenters. The van der Waals surface area contributed by atoms with E-state index in [-0.39, 0.29) is 6.42 Å². The fourth-order valence-electron chi connectivity index (χ4n) is 1.57. The molecule has 0 aromatic carbocycles. The van der Waals surface area contributed by atoms with Crippen molar-refractivity contribution in [2.75, 3.05) is 13.1 Å². The van der Waals surface area contributed by atoms with Gasteiger partial charge in [-0.1, -0.05) is 0 Å². The molecule has 6 heteroatoms. The number of nitrogens with zero attached hydrogens (tertiary/aromatic N) is 1. The van der Waals surface area contributed by atoms with E-state index in [4.69, 9.17) is 0 Å². The van der Waals surface area contributed by atoms with Gasteiger partial charge in [0.2, 0.25) is 5.91 Å². The molecule has 1 N–H and O–H groups in total. The Balaban J connectivity index is 2.36. The van der Waals surface area contributed by atoms with Crippen LogP contribution in [-0.2, 0) is 4.79 Å². The van der Waals surface area contributed by atoms with Crippen LogP contribution in [0.25, 0.3) is 0 Å². The van der Waals surface area contributed by atoms with Crippen molar-refractivity contribution >= 4 is 5.91 Å². The maximum atomic E-state index is 12.3. The second-order valence-electron chi connectivity index (χ2n) is 4.71. The van der Waals surface area contributed by atoms with Crippen molar-refractivity contribution in [3.63, 3.8) is 0 Å². The van der Waals surface area contributed by atoms with Crippen LogP contribution in [0.2, 0.25) is 0 Å². The number of amides is 1. The van der Waals surface area contributed by atoms with Crippen LogP contribution in [0.15, 0.2) is 0 Å². The van der Waals surface area contributed by atoms with Crippen LogP contribution in [0.4, 0.5) is 13.2 Å². The summed E-state index contributed by atoms with van der Waals surface area (Å²) in [7, 11) is 0. The van der Waals surface area contributed by atoms with Gasteiger partial charge in [0.1, 0.15) is 6.54 Å². The molecular weight excluding hydrogens is 233 g/mol. The maximum Gasteiger partial charge on any atom is 0.406 e. The van der Waals surface area contributed by atoms with Crippen molar-refractivity contribution in [1.29, 1.82) is 0 Å². The van der Waals surface area contributed by atoms with E-state index in [1.807, 2.05) is 0 Å². The number of hydrogen-bond donors (Lipinski definition) is 1. The van der Waals surface area contributed by atoms with Crippen LogP contribution in [0.1, 0.15) is 33.1 Å². The minimum Gasteiger partial charge on any atom is -0.331 e. The van der Waals surface area contributed by atoms with Gasteiger partial charge in [-0.05, 0) is 26.7 Å². The van der Waals surface area contributed by atoms with Gasteiger partial charge in [-0.15, -0.1) is 0 Å². The predicted octanol–water partition coefficient (Wildman–Crippen LogP) is 1.93. The van der Waals surface area contributed by atoms with Gasteiger partial charge in [0.25, 0.3) is 0 Å². The number of alkyl halides is 3. The summed E-state index contributed by atoms with van der Waals surface area (Å²) in [6, 6.07) is 0.0444. The van der Waals surface area contributed by atoms with Crippen molar-refractivity contribution in [3.8, 4) is 0 Å². The molecule has 1 amide bonds. The summed E-state index contributed by atoms with van der Waals surface area (Å²) >= 11 is 0. The first-order valence-corrected chi connectivity index (χ1v) is 5.89. The minimum atomic E-state index is -4.33. The molecule has 1 aliphatic rings. The zero-order valence-corrected chi connectivity index (χ0v) is 10.2. The summed E-state index contributed by atoms with van der Waals surface area (Å²) < 4.78 is 36.8. The molecule has 0 spiro atoms. The van der Waals surface area contributed by atoms with Crippen molar-refractivity contribution in [2.24, 2.45) is 0 Å². The Hall–Kier alpha value is -0.780. The minimum absolute atomic E-state index is 0.130. The molecule has 1 aliphatic carbocycles. The molecule has 0 heterocycles. The molecule has 17 heavy (non-hydrogen) atoms. The number of rotatable bonds is 6. The average Bonchev–Trinajstić information content (AvgIpc) is 2.96. The van der Waals surface area contributed by atoms with Crippen molar-refractivity contribution < 1.29 is 18.0 Å². The zero-order chi connectivity index (χ0) is 13.1. The first-order valence-electron chi connectivity index (χ1n) is 5.89. The van der Waals surface area contributed by atoms with Crippen molar-refractivity contribution in [1.82, 2.24) is 10.2 Å². The lowest BCUT2D eigenvalue weighted by Gasteiger charge is -2.27. The summed E-state index contributed by atoms with van der Waals surface area (Å²) in [4.78, 5) is 12.5. The highest BCUT2D eigenvalue weighted by Gasteiger charge is 2.34. The average molecular weight is 252 g/mol. The van der Waals surface area contributed by atoms with Crippen LogP contribution < -0.4 is 5.32 Å². The summed E-state index contributed by atoms with van der Waals surface area (Å²) in [6.07, 6.45) is -2.00. The van der Waals surface area contributed by atoms with E-state index in [1.165, 1.54) is 0 Å². The third kappa shape index (κ3) is 5.91.